The van der Waals surface area contributed by atoms with Gasteiger partial charge in [0.15, 0.2) is 0 Å². The maximum atomic E-state index is 13.7. The fourth-order valence-electron chi connectivity index (χ4n) is 4.27. The molecule has 0 spiro atoms. The van der Waals surface area contributed by atoms with Crippen LogP contribution in [-0.4, -0.2) is 61.4 Å². The van der Waals surface area contributed by atoms with Crippen LogP contribution >= 0.6 is 0 Å². The van der Waals surface area contributed by atoms with Gasteiger partial charge < -0.3 is 14.6 Å². The molecule has 1 unspecified atom stereocenters. The van der Waals surface area contributed by atoms with Crippen LogP contribution < -0.4 is 5.56 Å². The van der Waals surface area contributed by atoms with Gasteiger partial charge in [-0.3, -0.25) is 9.59 Å². The SMILES string of the molecule is CCN(C(=O)c1cc(=O)[nH]c2ccc(S(=O)(=O)N3CCOCC3)cc12)C(C)c1ccc(C#N)cc1. The highest BCUT2D eigenvalue weighted by Gasteiger charge is 2.28. The highest BCUT2D eigenvalue weighted by Crippen LogP contribution is 2.27. The molecule has 1 aliphatic heterocycles. The summed E-state index contributed by atoms with van der Waals surface area (Å²) in [6.45, 7) is 5.21. The molecule has 4 rings (SSSR count). The number of pyridine rings is 1. The summed E-state index contributed by atoms with van der Waals surface area (Å²) in [5, 5.41) is 9.41. The summed E-state index contributed by atoms with van der Waals surface area (Å²) in [6, 6.07) is 14.3. The standard InChI is InChI=1S/C25H26N4O5S/c1-3-29(17(2)19-6-4-18(16-26)5-7-19)25(31)22-15-24(30)27-23-9-8-20(14-21(22)23)35(32,33)28-10-12-34-13-11-28/h4-9,14-15,17H,3,10-13H2,1-2H3,(H,27,30). The molecular formula is C25H26N4O5S. The molecule has 35 heavy (non-hydrogen) atoms. The van der Waals surface area contributed by atoms with Gasteiger partial charge in [0.25, 0.3) is 5.91 Å². The van der Waals surface area contributed by atoms with E-state index in [9.17, 15) is 18.0 Å². The number of rotatable bonds is 6. The number of fused-ring (bicyclic) bond motifs is 1. The molecule has 1 aliphatic rings. The number of nitrogens with zero attached hydrogens (tertiary/aromatic N) is 3. The predicted molar refractivity (Wildman–Crippen MR) is 130 cm³/mol. The van der Waals surface area contributed by atoms with Crippen LogP contribution in [0.1, 0.15) is 41.4 Å². The van der Waals surface area contributed by atoms with Crippen LogP contribution in [0, 0.1) is 11.3 Å². The number of H-pyrrole nitrogens is 1. The van der Waals surface area contributed by atoms with E-state index < -0.39 is 15.6 Å². The Bertz CT molecular complexity index is 1450. The van der Waals surface area contributed by atoms with Gasteiger partial charge in [0.1, 0.15) is 0 Å². The van der Waals surface area contributed by atoms with Crippen molar-refractivity contribution in [2.45, 2.75) is 24.8 Å². The third kappa shape index (κ3) is 4.84. The number of morpholine rings is 1. The molecule has 0 saturated carbocycles. The van der Waals surface area contributed by atoms with E-state index in [1.807, 2.05) is 13.8 Å². The molecular weight excluding hydrogens is 468 g/mol. The number of aromatic amines is 1. The van der Waals surface area contributed by atoms with E-state index in [1.54, 1.807) is 29.2 Å². The fraction of sp³-hybridized carbons (Fsp3) is 0.320. The van der Waals surface area contributed by atoms with E-state index in [-0.39, 0.29) is 35.5 Å². The molecule has 10 heteroatoms. The van der Waals surface area contributed by atoms with Crippen LogP contribution in [0.2, 0.25) is 0 Å². The molecule has 1 aromatic heterocycles. The van der Waals surface area contributed by atoms with E-state index in [0.29, 0.717) is 36.2 Å². The van der Waals surface area contributed by atoms with Gasteiger partial charge in [-0.15, -0.1) is 0 Å². The number of nitriles is 1. The monoisotopic (exact) mass is 494 g/mol. The number of aromatic nitrogens is 1. The average Bonchev–Trinajstić information content (AvgIpc) is 2.88. The zero-order valence-electron chi connectivity index (χ0n) is 19.5. The van der Waals surface area contributed by atoms with Crippen LogP contribution in [0.5, 0.6) is 0 Å². The van der Waals surface area contributed by atoms with Crippen molar-refractivity contribution in [3.8, 4) is 6.07 Å². The third-order valence-electron chi connectivity index (χ3n) is 6.24. The van der Waals surface area contributed by atoms with Crippen LogP contribution in [0.4, 0.5) is 0 Å². The summed E-state index contributed by atoms with van der Waals surface area (Å²) in [4.78, 5) is 30.4. The molecule has 2 aromatic carbocycles. The first kappa shape index (κ1) is 24.6. The first-order chi connectivity index (χ1) is 16.8. The number of amides is 1. The van der Waals surface area contributed by atoms with E-state index in [0.717, 1.165) is 5.56 Å². The zero-order chi connectivity index (χ0) is 25.2. The summed E-state index contributed by atoms with van der Waals surface area (Å²) in [5.41, 5.74) is 1.41. The van der Waals surface area contributed by atoms with Gasteiger partial charge in [-0.1, -0.05) is 12.1 Å². The van der Waals surface area contributed by atoms with Crippen LogP contribution in [-0.2, 0) is 14.8 Å². The minimum absolute atomic E-state index is 0.0520. The minimum atomic E-state index is -3.79. The molecule has 0 bridgehead atoms. The second-order valence-electron chi connectivity index (χ2n) is 8.27. The maximum absolute atomic E-state index is 13.7. The molecule has 3 aromatic rings. The Hall–Kier alpha value is -3.52. The number of sulfonamides is 1. The van der Waals surface area contributed by atoms with Crippen molar-refractivity contribution in [2.24, 2.45) is 0 Å². The summed E-state index contributed by atoms with van der Waals surface area (Å²) < 4.78 is 33.0. The van der Waals surface area contributed by atoms with Crippen LogP contribution in [0.3, 0.4) is 0 Å². The van der Waals surface area contributed by atoms with E-state index in [4.69, 9.17) is 10.00 Å². The largest absolute Gasteiger partial charge is 0.379 e. The van der Waals surface area contributed by atoms with Gasteiger partial charge in [0, 0.05) is 36.6 Å². The maximum Gasteiger partial charge on any atom is 0.255 e. The molecule has 1 amide bonds. The van der Waals surface area contributed by atoms with E-state index in [2.05, 4.69) is 11.1 Å². The van der Waals surface area contributed by atoms with Gasteiger partial charge in [0.2, 0.25) is 15.6 Å². The first-order valence-electron chi connectivity index (χ1n) is 11.3. The molecule has 1 atom stereocenters. The van der Waals surface area contributed by atoms with Gasteiger partial charge in [-0.2, -0.15) is 9.57 Å². The first-order valence-corrected chi connectivity index (χ1v) is 12.8. The number of nitrogens with one attached hydrogen (secondary N) is 1. The Morgan fingerprint density at radius 3 is 2.49 bits per heavy atom. The number of ether oxygens (including phenoxy) is 1. The molecule has 9 nitrogen and oxygen atoms in total. The van der Waals surface area contributed by atoms with Crippen molar-refractivity contribution in [1.82, 2.24) is 14.2 Å². The minimum Gasteiger partial charge on any atom is -0.379 e. The average molecular weight is 495 g/mol. The van der Waals surface area contributed by atoms with Gasteiger partial charge in [-0.05, 0) is 49.7 Å². The lowest BCUT2D eigenvalue weighted by Gasteiger charge is -2.29. The second kappa shape index (κ2) is 10.00. The normalized spacial score (nSPS) is 15.5. The van der Waals surface area contributed by atoms with Crippen molar-refractivity contribution in [2.75, 3.05) is 32.8 Å². The number of hydrogen-bond acceptors (Lipinski definition) is 6. The smallest absolute Gasteiger partial charge is 0.255 e. The summed E-state index contributed by atoms with van der Waals surface area (Å²) in [7, 11) is -3.79. The molecule has 1 saturated heterocycles. The summed E-state index contributed by atoms with van der Waals surface area (Å²) in [6.07, 6.45) is 0. The van der Waals surface area contributed by atoms with Gasteiger partial charge in [-0.25, -0.2) is 8.42 Å². The van der Waals surface area contributed by atoms with Crippen molar-refractivity contribution in [3.63, 3.8) is 0 Å². The summed E-state index contributed by atoms with van der Waals surface area (Å²) in [5.74, 6) is -0.388. The van der Waals surface area contributed by atoms with Crippen LogP contribution in [0.25, 0.3) is 10.9 Å². The molecule has 0 aliphatic carbocycles. The number of carbonyl (C=O) groups is 1. The van der Waals surface area contributed by atoms with Gasteiger partial charge in [0.05, 0.1) is 41.3 Å². The highest BCUT2D eigenvalue weighted by molar-refractivity contribution is 7.89. The number of carbonyl (C=O) groups excluding carboxylic acids is 1. The topological polar surface area (TPSA) is 124 Å². The molecule has 1 fully saturated rings. The predicted octanol–water partition coefficient (Wildman–Crippen LogP) is 2.64. The Labute approximate surface area is 203 Å². The van der Waals surface area contributed by atoms with E-state index in [1.165, 1.54) is 28.6 Å². The lowest BCUT2D eigenvalue weighted by molar-refractivity contribution is 0.0704. The lowest BCUT2D eigenvalue weighted by Crippen LogP contribution is -2.40. The Morgan fingerprint density at radius 1 is 1.17 bits per heavy atom. The molecule has 182 valence electrons. The third-order valence-corrected chi connectivity index (χ3v) is 8.14. The zero-order valence-corrected chi connectivity index (χ0v) is 20.3. The van der Waals surface area contributed by atoms with Gasteiger partial charge >= 0.3 is 0 Å². The Kier molecular flexibility index (Phi) is 7.03. The van der Waals surface area contributed by atoms with Crippen molar-refractivity contribution >= 4 is 26.8 Å². The Morgan fingerprint density at radius 2 is 1.86 bits per heavy atom. The van der Waals surface area contributed by atoms with Crippen molar-refractivity contribution < 1.29 is 17.9 Å². The number of hydrogen-bond donors (Lipinski definition) is 1. The van der Waals surface area contributed by atoms with Crippen LogP contribution in [0.15, 0.2) is 58.2 Å². The van der Waals surface area contributed by atoms with Crippen molar-refractivity contribution in [3.05, 3.63) is 75.6 Å². The fourth-order valence-corrected chi connectivity index (χ4v) is 5.71. The molecule has 0 radical (unpaired) electrons. The van der Waals surface area contributed by atoms with E-state index >= 15 is 0 Å². The molecule has 1 N–H and O–H groups in total. The van der Waals surface area contributed by atoms with Crippen molar-refractivity contribution in [1.29, 1.82) is 5.26 Å². The quantitative estimate of drug-likeness (QED) is 0.562. The highest BCUT2D eigenvalue weighted by atomic mass is 32.2. The second-order valence-corrected chi connectivity index (χ2v) is 10.2. The lowest BCUT2D eigenvalue weighted by atomic mass is 10.0. The molecule has 2 heterocycles. The number of benzene rings is 2. The summed E-state index contributed by atoms with van der Waals surface area (Å²) >= 11 is 0. The Balaban J connectivity index is 1.76.